The Morgan fingerprint density at radius 2 is 2.02 bits per heavy atom. The highest BCUT2D eigenvalue weighted by atomic mass is 35.5. The van der Waals surface area contributed by atoms with Crippen molar-refractivity contribution in [2.24, 2.45) is 5.41 Å². The van der Waals surface area contributed by atoms with Crippen LogP contribution in [0.15, 0.2) is 42.5 Å². The fraction of sp³-hybridized carbons (Fsp3) is 0.429. The summed E-state index contributed by atoms with van der Waals surface area (Å²) in [5.74, 6) is -1.41. The van der Waals surface area contributed by atoms with E-state index in [0.29, 0.717) is 59.9 Å². The van der Waals surface area contributed by atoms with E-state index in [1.807, 2.05) is 48.0 Å². The zero-order chi connectivity index (χ0) is 33.8. The Morgan fingerprint density at radius 3 is 2.75 bits per heavy atom. The molecule has 3 aromatic carbocycles. The number of ether oxygens (including phenoxy) is 2. The van der Waals surface area contributed by atoms with Crippen LogP contribution in [0.25, 0.3) is 32.8 Å². The molecule has 3 atom stereocenters. The number of hydrogen-bond donors (Lipinski definition) is 3. The van der Waals surface area contributed by atoms with Crippen molar-refractivity contribution < 1.29 is 33.7 Å². The smallest absolute Gasteiger partial charge is 0.325 e. The predicted octanol–water partition coefficient (Wildman–Crippen LogP) is 5.34. The van der Waals surface area contributed by atoms with Crippen molar-refractivity contribution in [2.75, 3.05) is 38.2 Å². The number of carboxylic acids is 1. The van der Waals surface area contributed by atoms with Gasteiger partial charge in [0.25, 0.3) is 6.47 Å². The molecule has 1 saturated carbocycles. The van der Waals surface area contributed by atoms with Crippen molar-refractivity contribution >= 4 is 51.5 Å². The summed E-state index contributed by atoms with van der Waals surface area (Å²) in [5, 5.41) is 25.8. The molecule has 3 aliphatic rings. The lowest BCUT2D eigenvalue weighted by Gasteiger charge is -2.39. The summed E-state index contributed by atoms with van der Waals surface area (Å²) in [6, 6.07) is 11.8. The summed E-state index contributed by atoms with van der Waals surface area (Å²) in [7, 11) is 1.89. The number of phenols is 1. The first kappa shape index (κ1) is 32.3. The third-order valence-electron chi connectivity index (χ3n) is 10.0. The Balaban J connectivity index is 1.35. The monoisotopic (exact) mass is 677 g/mol. The molecule has 0 radical (unpaired) electrons. The Bertz CT molecular complexity index is 1920. The average Bonchev–Trinajstić information content (AvgIpc) is 3.78. The highest BCUT2D eigenvalue weighted by Gasteiger charge is 2.54. The number of aromatic nitrogens is 2. The van der Waals surface area contributed by atoms with Crippen LogP contribution >= 0.6 is 11.6 Å². The number of nitrogens with one attached hydrogen (secondary N) is 1. The second-order valence-corrected chi connectivity index (χ2v) is 13.8. The summed E-state index contributed by atoms with van der Waals surface area (Å²) in [6.45, 7) is 3.87. The van der Waals surface area contributed by atoms with Crippen LogP contribution in [-0.4, -0.2) is 88.6 Å². The van der Waals surface area contributed by atoms with Crippen LogP contribution in [-0.2, 0) is 14.3 Å². The van der Waals surface area contributed by atoms with E-state index in [0.717, 1.165) is 19.3 Å². The van der Waals surface area contributed by atoms with Crippen LogP contribution in [0.3, 0.4) is 0 Å². The van der Waals surface area contributed by atoms with Gasteiger partial charge in [-0.3, -0.25) is 19.8 Å². The molecule has 252 valence electrons. The summed E-state index contributed by atoms with van der Waals surface area (Å²) < 4.78 is 28.7. The standard InChI is InChI=1S/C35H37ClFN5O6/c1-3-12-41(2)31(48-19-43)34(10-11-34)18-47-33-38-29-25(30(39-33)42-16-21-8-9-35(17-42,40-21)32(45)46)15-26(36)27(28(29)37)24-14-22(44)13-20-6-4-5-7-23(20)24/h4-7,13-15,19,21,31,40,44H,3,8-12,16-18H2,1-2H3,(H,45,46). The summed E-state index contributed by atoms with van der Waals surface area (Å²) in [6.07, 6.45) is 2.97. The second-order valence-electron chi connectivity index (χ2n) is 13.4. The van der Waals surface area contributed by atoms with Crippen LogP contribution in [0.2, 0.25) is 5.02 Å². The van der Waals surface area contributed by atoms with E-state index in [4.69, 9.17) is 26.1 Å². The molecule has 2 bridgehead atoms. The highest BCUT2D eigenvalue weighted by molar-refractivity contribution is 6.35. The first-order valence-electron chi connectivity index (χ1n) is 16.2. The summed E-state index contributed by atoms with van der Waals surface area (Å²) in [5.41, 5.74) is -1.26. The molecule has 3 unspecified atom stereocenters. The van der Waals surface area contributed by atoms with Gasteiger partial charge < -0.3 is 24.6 Å². The molecule has 3 heterocycles. The molecule has 48 heavy (non-hydrogen) atoms. The second kappa shape index (κ2) is 12.3. The Hall–Kier alpha value is -4.26. The number of piperazine rings is 1. The van der Waals surface area contributed by atoms with Crippen LogP contribution < -0.4 is 15.0 Å². The molecular formula is C35H37ClFN5O6. The van der Waals surface area contributed by atoms with Gasteiger partial charge in [-0.25, -0.2) is 4.39 Å². The van der Waals surface area contributed by atoms with Gasteiger partial charge in [0, 0.05) is 36.6 Å². The maximum Gasteiger partial charge on any atom is 0.325 e. The SMILES string of the molecule is CCCN(C)C(OC=O)C1(COc2nc(N3CC4CCC(C(=O)O)(C3)N4)c3cc(Cl)c(-c4cc(O)cc5ccccc45)c(F)c3n2)CC1. The highest BCUT2D eigenvalue weighted by Crippen LogP contribution is 2.51. The lowest BCUT2D eigenvalue weighted by atomic mass is 9.95. The minimum atomic E-state index is -1.18. The quantitative estimate of drug-likeness (QED) is 0.132. The zero-order valence-electron chi connectivity index (χ0n) is 26.7. The van der Waals surface area contributed by atoms with Crippen molar-refractivity contribution in [3.8, 4) is 22.9 Å². The minimum absolute atomic E-state index is 0.0446. The molecule has 3 fully saturated rings. The number of anilines is 1. The van der Waals surface area contributed by atoms with Gasteiger partial charge in [0.1, 0.15) is 29.2 Å². The molecule has 0 amide bonds. The van der Waals surface area contributed by atoms with Crippen molar-refractivity contribution in [1.29, 1.82) is 0 Å². The number of phenolic OH excluding ortho intramolecular Hbond substituents is 1. The number of fused-ring (bicyclic) bond motifs is 4. The molecule has 2 saturated heterocycles. The van der Waals surface area contributed by atoms with Gasteiger partial charge in [0.15, 0.2) is 12.0 Å². The van der Waals surface area contributed by atoms with Gasteiger partial charge in [-0.15, -0.1) is 0 Å². The molecule has 4 aromatic rings. The van der Waals surface area contributed by atoms with E-state index < -0.39 is 29.0 Å². The molecule has 7 rings (SSSR count). The van der Waals surface area contributed by atoms with Gasteiger partial charge in [-0.1, -0.05) is 42.8 Å². The van der Waals surface area contributed by atoms with E-state index >= 15 is 4.39 Å². The lowest BCUT2D eigenvalue weighted by molar-refractivity contribution is -0.152. The largest absolute Gasteiger partial charge is 0.508 e. The number of nitrogens with zero attached hydrogens (tertiary/aromatic N) is 4. The molecule has 0 spiro atoms. The summed E-state index contributed by atoms with van der Waals surface area (Å²) in [4.78, 5) is 37.0. The Labute approximate surface area is 281 Å². The van der Waals surface area contributed by atoms with Crippen molar-refractivity contribution in [3.05, 3.63) is 53.3 Å². The fourth-order valence-electron chi connectivity index (χ4n) is 7.56. The maximum absolute atomic E-state index is 17.0. The Morgan fingerprint density at radius 1 is 1.23 bits per heavy atom. The van der Waals surface area contributed by atoms with Crippen molar-refractivity contribution in [2.45, 2.75) is 56.8 Å². The topological polar surface area (TPSA) is 137 Å². The first-order valence-corrected chi connectivity index (χ1v) is 16.6. The number of carboxylic acid groups (broad SMARTS) is 1. The molecule has 3 N–H and O–H groups in total. The van der Waals surface area contributed by atoms with Gasteiger partial charge in [0.05, 0.1) is 10.4 Å². The van der Waals surface area contributed by atoms with E-state index in [9.17, 15) is 19.8 Å². The lowest BCUT2D eigenvalue weighted by Crippen LogP contribution is -2.63. The van der Waals surface area contributed by atoms with Crippen molar-refractivity contribution in [3.63, 3.8) is 0 Å². The number of aliphatic carboxylic acids is 1. The fourth-order valence-corrected chi connectivity index (χ4v) is 7.85. The average molecular weight is 678 g/mol. The number of halogens is 2. The third kappa shape index (κ3) is 5.55. The van der Waals surface area contributed by atoms with Gasteiger partial charge in [-0.2, -0.15) is 9.97 Å². The minimum Gasteiger partial charge on any atom is -0.508 e. The molecule has 1 aliphatic carbocycles. The van der Waals surface area contributed by atoms with Crippen LogP contribution in [0.5, 0.6) is 11.8 Å². The van der Waals surface area contributed by atoms with E-state index in [1.165, 1.54) is 6.07 Å². The molecule has 2 aliphatic heterocycles. The molecular weight excluding hydrogens is 641 g/mol. The molecule has 11 nitrogen and oxygen atoms in total. The van der Waals surface area contributed by atoms with E-state index in [1.54, 1.807) is 12.1 Å². The number of aromatic hydroxyl groups is 1. The van der Waals surface area contributed by atoms with Gasteiger partial charge >= 0.3 is 12.0 Å². The first-order chi connectivity index (χ1) is 23.1. The van der Waals surface area contributed by atoms with Crippen LogP contribution in [0.4, 0.5) is 10.2 Å². The van der Waals surface area contributed by atoms with Gasteiger partial charge in [0.2, 0.25) is 0 Å². The molecule has 13 heteroatoms. The molecule has 1 aromatic heterocycles. The third-order valence-corrected chi connectivity index (χ3v) is 10.3. The Kier molecular flexibility index (Phi) is 8.29. The van der Waals surface area contributed by atoms with Crippen LogP contribution in [0.1, 0.15) is 39.0 Å². The number of rotatable bonds is 12. The summed E-state index contributed by atoms with van der Waals surface area (Å²) >= 11 is 6.86. The number of carbonyl (C=O) groups excluding carboxylic acids is 1. The maximum atomic E-state index is 17.0. The van der Waals surface area contributed by atoms with Crippen molar-refractivity contribution in [1.82, 2.24) is 20.2 Å². The normalized spacial score (nSPS) is 21.9. The number of carbonyl (C=O) groups is 2. The van der Waals surface area contributed by atoms with Crippen LogP contribution in [0, 0.1) is 11.2 Å². The van der Waals surface area contributed by atoms with E-state index in [2.05, 4.69) is 10.3 Å². The number of benzene rings is 3. The van der Waals surface area contributed by atoms with Gasteiger partial charge in [-0.05, 0) is 73.7 Å². The zero-order valence-corrected chi connectivity index (χ0v) is 27.5. The van der Waals surface area contributed by atoms with E-state index in [-0.39, 0.29) is 47.1 Å². The predicted molar refractivity (Wildman–Crippen MR) is 179 cm³/mol. The number of hydrogen-bond acceptors (Lipinski definition) is 10.